The molecule has 0 bridgehead atoms. The van der Waals surface area contributed by atoms with E-state index >= 15 is 0 Å². The number of hydrogen-bond acceptors (Lipinski definition) is 4. The van der Waals surface area contributed by atoms with Crippen molar-refractivity contribution in [3.8, 4) is 5.75 Å². The molecular weight excluding hydrogens is 230 g/mol. The monoisotopic (exact) mass is 245 g/mol. The first-order valence-electron chi connectivity index (χ1n) is 5.79. The predicted octanol–water partition coefficient (Wildman–Crippen LogP) is 1.64. The minimum absolute atomic E-state index is 0.00709. The van der Waals surface area contributed by atoms with Crippen molar-refractivity contribution in [2.24, 2.45) is 7.05 Å². The summed E-state index contributed by atoms with van der Waals surface area (Å²) in [5.41, 5.74) is 0.629. The van der Waals surface area contributed by atoms with Gasteiger partial charge in [-0.25, -0.2) is 4.98 Å². The summed E-state index contributed by atoms with van der Waals surface area (Å²) in [4.78, 5) is 16.1. The number of carbonyl (C=O) groups is 1. The number of benzene rings is 1. The van der Waals surface area contributed by atoms with Crippen molar-refractivity contribution in [3.63, 3.8) is 0 Å². The highest BCUT2D eigenvalue weighted by atomic mass is 16.5. The van der Waals surface area contributed by atoms with Gasteiger partial charge in [0.2, 0.25) is 0 Å². The molecule has 94 valence electrons. The molecule has 0 aliphatic heterocycles. The highest BCUT2D eigenvalue weighted by Gasteiger charge is 2.11. The van der Waals surface area contributed by atoms with Crippen LogP contribution in [0.3, 0.4) is 0 Å². The van der Waals surface area contributed by atoms with E-state index in [0.717, 1.165) is 0 Å². The SMILES string of the molecule is CCOc1cccc(C(=O)Cc2ncnn2C)c1. The van der Waals surface area contributed by atoms with Gasteiger partial charge >= 0.3 is 0 Å². The molecule has 0 fully saturated rings. The fraction of sp³-hybridized carbons (Fsp3) is 0.308. The number of aryl methyl sites for hydroxylation is 1. The highest BCUT2D eigenvalue weighted by Crippen LogP contribution is 2.14. The summed E-state index contributed by atoms with van der Waals surface area (Å²) in [6, 6.07) is 7.18. The molecule has 5 heteroatoms. The first-order valence-corrected chi connectivity index (χ1v) is 5.79. The molecule has 0 saturated carbocycles. The largest absolute Gasteiger partial charge is 0.494 e. The van der Waals surface area contributed by atoms with E-state index < -0.39 is 0 Å². The Morgan fingerprint density at radius 2 is 2.28 bits per heavy atom. The number of rotatable bonds is 5. The summed E-state index contributed by atoms with van der Waals surface area (Å²) < 4.78 is 6.97. The molecule has 2 rings (SSSR count). The Bertz CT molecular complexity index is 549. The first-order chi connectivity index (χ1) is 8.70. The molecule has 0 amide bonds. The molecule has 0 aliphatic carbocycles. The van der Waals surface area contributed by atoms with Crippen molar-refractivity contribution in [1.29, 1.82) is 0 Å². The molecule has 1 heterocycles. The van der Waals surface area contributed by atoms with Crippen molar-refractivity contribution in [3.05, 3.63) is 42.0 Å². The van der Waals surface area contributed by atoms with Gasteiger partial charge in [-0.3, -0.25) is 9.48 Å². The highest BCUT2D eigenvalue weighted by molar-refractivity contribution is 5.97. The molecule has 0 N–H and O–H groups in total. The molecule has 1 aromatic heterocycles. The fourth-order valence-corrected chi connectivity index (χ4v) is 1.65. The van der Waals surface area contributed by atoms with E-state index in [1.807, 2.05) is 19.1 Å². The van der Waals surface area contributed by atoms with E-state index in [-0.39, 0.29) is 12.2 Å². The van der Waals surface area contributed by atoms with E-state index in [9.17, 15) is 4.79 Å². The number of hydrogen-bond donors (Lipinski definition) is 0. The van der Waals surface area contributed by atoms with Crippen molar-refractivity contribution >= 4 is 5.78 Å². The van der Waals surface area contributed by atoms with E-state index in [1.54, 1.807) is 23.9 Å². The maximum atomic E-state index is 12.1. The Morgan fingerprint density at radius 1 is 1.44 bits per heavy atom. The average Bonchev–Trinajstić information content (AvgIpc) is 2.76. The Labute approximate surface area is 105 Å². The third kappa shape index (κ3) is 2.74. The van der Waals surface area contributed by atoms with Crippen LogP contribution in [0.4, 0.5) is 0 Å². The van der Waals surface area contributed by atoms with Gasteiger partial charge in [0.1, 0.15) is 17.9 Å². The van der Waals surface area contributed by atoms with Crippen LogP contribution in [0.2, 0.25) is 0 Å². The maximum absolute atomic E-state index is 12.1. The molecule has 0 radical (unpaired) electrons. The summed E-state index contributed by atoms with van der Waals surface area (Å²) >= 11 is 0. The molecular formula is C13H15N3O2. The Balaban J connectivity index is 2.14. The van der Waals surface area contributed by atoms with Crippen molar-refractivity contribution in [2.75, 3.05) is 6.61 Å². The molecule has 0 spiro atoms. The second-order valence-electron chi connectivity index (χ2n) is 3.86. The van der Waals surface area contributed by atoms with Crippen LogP contribution in [0.1, 0.15) is 23.1 Å². The summed E-state index contributed by atoms with van der Waals surface area (Å²) in [6.45, 7) is 2.50. The van der Waals surface area contributed by atoms with Gasteiger partial charge in [-0.2, -0.15) is 5.10 Å². The van der Waals surface area contributed by atoms with Gasteiger partial charge in [-0.1, -0.05) is 12.1 Å². The van der Waals surface area contributed by atoms with E-state index in [2.05, 4.69) is 10.1 Å². The second-order valence-corrected chi connectivity index (χ2v) is 3.86. The van der Waals surface area contributed by atoms with Crippen LogP contribution in [-0.4, -0.2) is 27.2 Å². The first kappa shape index (κ1) is 12.3. The summed E-state index contributed by atoms with van der Waals surface area (Å²) in [7, 11) is 1.77. The Hall–Kier alpha value is -2.17. The van der Waals surface area contributed by atoms with Gasteiger partial charge in [-0.15, -0.1) is 0 Å². The predicted molar refractivity (Wildman–Crippen MR) is 66.6 cm³/mol. The molecule has 0 atom stereocenters. The average molecular weight is 245 g/mol. The summed E-state index contributed by atoms with van der Waals surface area (Å²) in [6.07, 6.45) is 1.69. The van der Waals surface area contributed by atoms with Gasteiger partial charge < -0.3 is 4.74 Å². The number of nitrogens with zero attached hydrogens (tertiary/aromatic N) is 3. The van der Waals surface area contributed by atoms with Crippen LogP contribution >= 0.6 is 0 Å². The lowest BCUT2D eigenvalue weighted by Gasteiger charge is -2.05. The molecule has 18 heavy (non-hydrogen) atoms. The summed E-state index contributed by atoms with van der Waals surface area (Å²) in [5.74, 6) is 1.37. The smallest absolute Gasteiger partial charge is 0.170 e. The van der Waals surface area contributed by atoms with Crippen LogP contribution in [-0.2, 0) is 13.5 Å². The number of ketones is 1. The zero-order valence-electron chi connectivity index (χ0n) is 10.5. The third-order valence-corrected chi connectivity index (χ3v) is 2.59. The number of Topliss-reactive ketones (excluding diaryl/α,β-unsaturated/α-hetero) is 1. The van der Waals surface area contributed by atoms with Crippen LogP contribution in [0.15, 0.2) is 30.6 Å². The lowest BCUT2D eigenvalue weighted by molar-refractivity contribution is 0.0989. The van der Waals surface area contributed by atoms with E-state index in [1.165, 1.54) is 6.33 Å². The second kappa shape index (κ2) is 5.44. The molecule has 0 aliphatic rings. The lowest BCUT2D eigenvalue weighted by Crippen LogP contribution is -2.09. The molecule has 1 aromatic carbocycles. The van der Waals surface area contributed by atoms with Gasteiger partial charge in [0.05, 0.1) is 13.0 Å². The maximum Gasteiger partial charge on any atom is 0.170 e. The Morgan fingerprint density at radius 3 is 2.94 bits per heavy atom. The van der Waals surface area contributed by atoms with Crippen LogP contribution in [0, 0.1) is 0 Å². The summed E-state index contributed by atoms with van der Waals surface area (Å²) in [5, 5.41) is 3.94. The molecule has 0 unspecified atom stereocenters. The van der Waals surface area contributed by atoms with Gasteiger partial charge in [0, 0.05) is 12.6 Å². The fourth-order valence-electron chi connectivity index (χ4n) is 1.65. The van der Waals surface area contributed by atoms with E-state index in [0.29, 0.717) is 23.7 Å². The van der Waals surface area contributed by atoms with E-state index in [4.69, 9.17) is 4.74 Å². The zero-order valence-corrected chi connectivity index (χ0v) is 10.5. The van der Waals surface area contributed by atoms with Crippen LogP contribution < -0.4 is 4.74 Å². The van der Waals surface area contributed by atoms with Gasteiger partial charge in [0.25, 0.3) is 0 Å². The molecule has 2 aromatic rings. The van der Waals surface area contributed by atoms with Crippen molar-refractivity contribution in [2.45, 2.75) is 13.3 Å². The minimum atomic E-state index is 0.00709. The minimum Gasteiger partial charge on any atom is -0.494 e. The van der Waals surface area contributed by atoms with Gasteiger partial charge in [-0.05, 0) is 19.1 Å². The topological polar surface area (TPSA) is 57.0 Å². The number of aromatic nitrogens is 3. The lowest BCUT2D eigenvalue weighted by atomic mass is 10.1. The van der Waals surface area contributed by atoms with Crippen LogP contribution in [0.25, 0.3) is 0 Å². The zero-order chi connectivity index (χ0) is 13.0. The van der Waals surface area contributed by atoms with Crippen molar-refractivity contribution < 1.29 is 9.53 Å². The quantitative estimate of drug-likeness (QED) is 0.751. The standard InChI is InChI=1S/C13H15N3O2/c1-3-18-11-6-4-5-10(7-11)12(17)8-13-14-9-15-16(13)2/h4-7,9H,3,8H2,1-2H3. The van der Waals surface area contributed by atoms with Gasteiger partial charge in [0.15, 0.2) is 5.78 Å². The third-order valence-electron chi connectivity index (χ3n) is 2.59. The molecule has 0 saturated heterocycles. The van der Waals surface area contributed by atoms with Crippen molar-refractivity contribution in [1.82, 2.24) is 14.8 Å². The Kier molecular flexibility index (Phi) is 3.72. The molecule has 5 nitrogen and oxygen atoms in total. The normalized spacial score (nSPS) is 10.3. The number of ether oxygens (including phenoxy) is 1. The number of carbonyl (C=O) groups excluding carboxylic acids is 1. The van der Waals surface area contributed by atoms with Crippen LogP contribution in [0.5, 0.6) is 5.75 Å².